The third kappa shape index (κ3) is 15.3. The van der Waals surface area contributed by atoms with Crippen LogP contribution in [0.15, 0.2) is 0 Å². The number of carbonyl (C=O) groups is 1. The van der Waals surface area contributed by atoms with Crippen LogP contribution in [0.2, 0.25) is 0 Å². The van der Waals surface area contributed by atoms with Crippen LogP contribution >= 0.6 is 0 Å². The van der Waals surface area contributed by atoms with Crippen molar-refractivity contribution in [2.24, 2.45) is 0 Å². The normalized spacial score (nSPS) is 11.4. The summed E-state index contributed by atoms with van der Waals surface area (Å²) in [5.74, 6) is 0. The number of nitrogens with one attached hydrogen (secondary N) is 2. The summed E-state index contributed by atoms with van der Waals surface area (Å²) in [6.07, 6.45) is 13.3. The summed E-state index contributed by atoms with van der Waals surface area (Å²) in [4.78, 5) is 11.5. The van der Waals surface area contributed by atoms with E-state index < -0.39 is 0 Å². The molecule has 0 aliphatic rings. The Kier molecular flexibility index (Phi) is 11.6. The van der Waals surface area contributed by atoms with Crippen LogP contribution < -0.4 is 10.6 Å². The molecule has 120 valence electrons. The molecule has 0 unspecified atom stereocenters. The highest BCUT2D eigenvalue weighted by Gasteiger charge is 2.12. The zero-order chi connectivity index (χ0) is 15.3. The Morgan fingerprint density at radius 1 is 0.800 bits per heavy atom. The van der Waals surface area contributed by atoms with Crippen molar-refractivity contribution in [1.82, 2.24) is 10.6 Å². The number of carbonyl (C=O) groups excluding carboxylic acids is 1. The van der Waals surface area contributed by atoms with Crippen molar-refractivity contribution in [2.75, 3.05) is 6.54 Å². The topological polar surface area (TPSA) is 41.1 Å². The molecule has 0 heterocycles. The fourth-order valence-electron chi connectivity index (χ4n) is 2.20. The molecule has 0 radical (unpaired) electrons. The van der Waals surface area contributed by atoms with Gasteiger partial charge in [0.1, 0.15) is 0 Å². The SMILES string of the molecule is CCCCCCCCCCCCNC(=O)NC(C)(C)C. The second-order valence-corrected chi connectivity index (χ2v) is 6.81. The lowest BCUT2D eigenvalue weighted by atomic mass is 10.1. The van der Waals surface area contributed by atoms with Crippen molar-refractivity contribution in [3.05, 3.63) is 0 Å². The van der Waals surface area contributed by atoms with Gasteiger partial charge in [0.25, 0.3) is 0 Å². The first-order valence-electron chi connectivity index (χ1n) is 8.51. The molecule has 0 aromatic rings. The van der Waals surface area contributed by atoms with Crippen LogP contribution in [-0.2, 0) is 0 Å². The summed E-state index contributed by atoms with van der Waals surface area (Å²) in [7, 11) is 0. The molecule has 2 N–H and O–H groups in total. The molecule has 0 aliphatic heterocycles. The molecular formula is C17H36N2O. The fraction of sp³-hybridized carbons (Fsp3) is 0.941. The van der Waals surface area contributed by atoms with Gasteiger partial charge in [0.05, 0.1) is 0 Å². The Balaban J connectivity index is 3.19. The Morgan fingerprint density at radius 2 is 1.25 bits per heavy atom. The van der Waals surface area contributed by atoms with Gasteiger partial charge >= 0.3 is 6.03 Å². The van der Waals surface area contributed by atoms with E-state index in [2.05, 4.69) is 17.6 Å². The van der Waals surface area contributed by atoms with Gasteiger partial charge in [-0.1, -0.05) is 64.7 Å². The highest BCUT2D eigenvalue weighted by molar-refractivity contribution is 5.74. The molecule has 0 spiro atoms. The van der Waals surface area contributed by atoms with Crippen LogP contribution in [0.25, 0.3) is 0 Å². The van der Waals surface area contributed by atoms with E-state index in [-0.39, 0.29) is 11.6 Å². The van der Waals surface area contributed by atoms with Crippen molar-refractivity contribution in [1.29, 1.82) is 0 Å². The number of amides is 2. The molecule has 20 heavy (non-hydrogen) atoms. The largest absolute Gasteiger partial charge is 0.338 e. The molecule has 0 aromatic carbocycles. The molecule has 0 rings (SSSR count). The Morgan fingerprint density at radius 3 is 1.70 bits per heavy atom. The molecule has 0 aliphatic carbocycles. The maximum atomic E-state index is 11.5. The molecule has 3 nitrogen and oxygen atoms in total. The van der Waals surface area contributed by atoms with Gasteiger partial charge in [-0.05, 0) is 27.2 Å². The average molecular weight is 284 g/mol. The van der Waals surface area contributed by atoms with Gasteiger partial charge in [0.15, 0.2) is 0 Å². The summed E-state index contributed by atoms with van der Waals surface area (Å²) in [5, 5.41) is 5.82. The van der Waals surface area contributed by atoms with Crippen LogP contribution in [0.3, 0.4) is 0 Å². The molecular weight excluding hydrogens is 248 g/mol. The number of hydrogen-bond acceptors (Lipinski definition) is 1. The first-order chi connectivity index (χ1) is 9.45. The third-order valence-electron chi connectivity index (χ3n) is 3.30. The van der Waals surface area contributed by atoms with E-state index in [9.17, 15) is 4.79 Å². The van der Waals surface area contributed by atoms with Gasteiger partial charge in [-0.15, -0.1) is 0 Å². The molecule has 2 amide bonds. The first-order valence-corrected chi connectivity index (χ1v) is 8.51. The standard InChI is InChI=1S/C17H36N2O/c1-5-6-7-8-9-10-11-12-13-14-15-18-16(20)19-17(2,3)4/h5-15H2,1-4H3,(H2,18,19,20). The predicted octanol–water partition coefficient (Wildman–Crippen LogP) is 5.01. The summed E-state index contributed by atoms with van der Waals surface area (Å²) in [5.41, 5.74) is -0.151. The molecule has 0 fully saturated rings. The van der Waals surface area contributed by atoms with Crippen molar-refractivity contribution >= 4 is 6.03 Å². The predicted molar refractivity (Wildman–Crippen MR) is 88.1 cm³/mol. The lowest BCUT2D eigenvalue weighted by molar-refractivity contribution is 0.232. The Bertz CT molecular complexity index is 234. The van der Waals surface area contributed by atoms with E-state index in [1.54, 1.807) is 0 Å². The first kappa shape index (κ1) is 19.3. The molecule has 3 heteroatoms. The summed E-state index contributed by atoms with van der Waals surface area (Å²) < 4.78 is 0. The summed E-state index contributed by atoms with van der Waals surface area (Å²) >= 11 is 0. The smallest absolute Gasteiger partial charge is 0.315 e. The lowest BCUT2D eigenvalue weighted by Crippen LogP contribution is -2.46. The van der Waals surface area contributed by atoms with E-state index in [4.69, 9.17) is 0 Å². The van der Waals surface area contributed by atoms with Crippen LogP contribution in [0.5, 0.6) is 0 Å². The zero-order valence-corrected chi connectivity index (χ0v) is 14.2. The monoisotopic (exact) mass is 284 g/mol. The number of urea groups is 1. The summed E-state index contributed by atoms with van der Waals surface area (Å²) in [6, 6.07) is -0.0478. The second-order valence-electron chi connectivity index (χ2n) is 6.81. The van der Waals surface area contributed by atoms with E-state index >= 15 is 0 Å². The molecule has 0 aromatic heterocycles. The van der Waals surface area contributed by atoms with Gasteiger partial charge in [0, 0.05) is 12.1 Å². The zero-order valence-electron chi connectivity index (χ0n) is 14.2. The fourth-order valence-corrected chi connectivity index (χ4v) is 2.20. The molecule has 0 saturated heterocycles. The van der Waals surface area contributed by atoms with Crippen LogP contribution in [0, 0.1) is 0 Å². The lowest BCUT2D eigenvalue weighted by Gasteiger charge is -2.20. The van der Waals surface area contributed by atoms with Crippen LogP contribution in [-0.4, -0.2) is 18.1 Å². The van der Waals surface area contributed by atoms with Gasteiger partial charge in [-0.2, -0.15) is 0 Å². The molecule has 0 bridgehead atoms. The maximum Gasteiger partial charge on any atom is 0.315 e. The van der Waals surface area contributed by atoms with Crippen molar-refractivity contribution in [3.8, 4) is 0 Å². The van der Waals surface area contributed by atoms with E-state index in [0.717, 1.165) is 13.0 Å². The Labute approximate surface area is 126 Å². The van der Waals surface area contributed by atoms with Gasteiger partial charge in [0.2, 0.25) is 0 Å². The van der Waals surface area contributed by atoms with Crippen molar-refractivity contribution in [2.45, 2.75) is 97.4 Å². The maximum absolute atomic E-state index is 11.5. The minimum Gasteiger partial charge on any atom is -0.338 e. The summed E-state index contributed by atoms with van der Waals surface area (Å²) in [6.45, 7) is 9.03. The minimum absolute atomic E-state index is 0.0478. The van der Waals surface area contributed by atoms with E-state index in [1.807, 2.05) is 20.8 Å². The highest BCUT2D eigenvalue weighted by atomic mass is 16.2. The number of unbranched alkanes of at least 4 members (excludes halogenated alkanes) is 9. The van der Waals surface area contributed by atoms with Crippen LogP contribution in [0.4, 0.5) is 4.79 Å². The second kappa shape index (κ2) is 12.0. The van der Waals surface area contributed by atoms with Crippen molar-refractivity contribution < 1.29 is 4.79 Å². The number of hydrogen-bond donors (Lipinski definition) is 2. The third-order valence-corrected chi connectivity index (χ3v) is 3.30. The van der Waals surface area contributed by atoms with Crippen LogP contribution in [0.1, 0.15) is 91.9 Å². The van der Waals surface area contributed by atoms with Gasteiger partial charge < -0.3 is 10.6 Å². The Hall–Kier alpha value is -0.730. The van der Waals surface area contributed by atoms with Gasteiger partial charge in [-0.3, -0.25) is 0 Å². The average Bonchev–Trinajstić information content (AvgIpc) is 2.34. The quantitative estimate of drug-likeness (QED) is 0.515. The van der Waals surface area contributed by atoms with Crippen molar-refractivity contribution in [3.63, 3.8) is 0 Å². The van der Waals surface area contributed by atoms with E-state index in [1.165, 1.54) is 57.8 Å². The highest BCUT2D eigenvalue weighted by Crippen LogP contribution is 2.10. The number of rotatable bonds is 11. The van der Waals surface area contributed by atoms with Gasteiger partial charge in [-0.25, -0.2) is 4.79 Å². The molecule has 0 atom stereocenters. The molecule has 0 saturated carbocycles. The minimum atomic E-state index is -0.151. The van der Waals surface area contributed by atoms with E-state index in [0.29, 0.717) is 0 Å².